The molecular formula is C25H30ClN3OS. The molecule has 1 saturated heterocycles. The third-order valence-corrected chi connectivity index (χ3v) is 7.37. The lowest BCUT2D eigenvalue weighted by Crippen LogP contribution is -2.46. The minimum absolute atomic E-state index is 0. The van der Waals surface area contributed by atoms with Gasteiger partial charge in [-0.05, 0) is 61.0 Å². The van der Waals surface area contributed by atoms with Gasteiger partial charge >= 0.3 is 0 Å². The Morgan fingerprint density at radius 1 is 0.806 bits per heavy atom. The van der Waals surface area contributed by atoms with Gasteiger partial charge in [0.15, 0.2) is 0 Å². The lowest BCUT2D eigenvalue weighted by Gasteiger charge is -2.36. The fourth-order valence-corrected chi connectivity index (χ4v) is 5.62. The van der Waals surface area contributed by atoms with Crippen LogP contribution in [0.1, 0.15) is 24.8 Å². The van der Waals surface area contributed by atoms with Crippen LogP contribution in [0, 0.1) is 0 Å². The molecule has 4 nitrogen and oxygen atoms in total. The third kappa shape index (κ3) is 4.74. The zero-order valence-corrected chi connectivity index (χ0v) is 19.5. The number of benzene rings is 2. The number of anilines is 2. The summed E-state index contributed by atoms with van der Waals surface area (Å²) in [4.78, 5) is 19.5. The van der Waals surface area contributed by atoms with Crippen molar-refractivity contribution in [2.75, 3.05) is 49.1 Å². The van der Waals surface area contributed by atoms with E-state index in [4.69, 9.17) is 0 Å². The summed E-state index contributed by atoms with van der Waals surface area (Å²) >= 11 is 1.82. The van der Waals surface area contributed by atoms with E-state index in [0.717, 1.165) is 64.2 Å². The van der Waals surface area contributed by atoms with Crippen LogP contribution in [0.15, 0.2) is 53.9 Å². The number of carbonyl (C=O) groups is 1. The smallest absolute Gasteiger partial charge is 0.227 e. The number of para-hydroxylation sites is 1. The van der Waals surface area contributed by atoms with Crippen molar-refractivity contribution in [2.24, 2.45) is 0 Å². The number of fused-ring (bicyclic) bond motifs is 2. The van der Waals surface area contributed by atoms with Gasteiger partial charge in [-0.2, -0.15) is 0 Å². The summed E-state index contributed by atoms with van der Waals surface area (Å²) in [6.45, 7) is 6.38. The van der Waals surface area contributed by atoms with Gasteiger partial charge in [-0.25, -0.2) is 0 Å². The first-order valence-corrected chi connectivity index (χ1v) is 12.0. The molecule has 1 aromatic heterocycles. The number of hydrogen-bond donors (Lipinski definition) is 0. The molecule has 1 fully saturated rings. The van der Waals surface area contributed by atoms with Gasteiger partial charge in [-0.1, -0.05) is 24.3 Å². The molecule has 0 saturated carbocycles. The second-order valence-corrected chi connectivity index (χ2v) is 9.27. The Morgan fingerprint density at radius 3 is 2.45 bits per heavy atom. The van der Waals surface area contributed by atoms with Crippen LogP contribution in [-0.4, -0.2) is 50.1 Å². The Balaban J connectivity index is 0.00000231. The molecule has 3 heterocycles. The van der Waals surface area contributed by atoms with E-state index in [1.54, 1.807) is 0 Å². The molecule has 0 bridgehead atoms. The van der Waals surface area contributed by atoms with Crippen LogP contribution < -0.4 is 9.80 Å². The molecule has 164 valence electrons. The second kappa shape index (κ2) is 10.0. The standard InChI is InChI=1S/C25H29N3OS.ClH/c29-25-11-10-20-6-1-2-7-22(20)28(25)14-4-3-13-26-15-17-27(18-16-26)23-8-5-9-24-21(23)12-19-30-24;/h1-2,5-9,12,19H,3-4,10-11,13-18H2;1H. The number of rotatable bonds is 6. The first-order valence-electron chi connectivity index (χ1n) is 11.1. The van der Waals surface area contributed by atoms with E-state index in [2.05, 4.69) is 57.6 Å². The third-order valence-electron chi connectivity index (χ3n) is 6.48. The van der Waals surface area contributed by atoms with Crippen LogP contribution in [0.5, 0.6) is 0 Å². The van der Waals surface area contributed by atoms with Crippen LogP contribution in [0.3, 0.4) is 0 Å². The van der Waals surface area contributed by atoms with E-state index in [1.165, 1.54) is 21.3 Å². The number of halogens is 1. The molecule has 6 heteroatoms. The van der Waals surface area contributed by atoms with Gasteiger partial charge in [0.25, 0.3) is 0 Å². The van der Waals surface area contributed by atoms with Crippen LogP contribution in [0.25, 0.3) is 10.1 Å². The quantitative estimate of drug-likeness (QED) is 0.477. The minimum atomic E-state index is 0. The van der Waals surface area contributed by atoms with Crippen molar-refractivity contribution in [3.63, 3.8) is 0 Å². The minimum Gasteiger partial charge on any atom is -0.368 e. The van der Waals surface area contributed by atoms with Crippen molar-refractivity contribution >= 4 is 51.1 Å². The molecule has 0 spiro atoms. The predicted molar refractivity (Wildman–Crippen MR) is 134 cm³/mol. The molecule has 31 heavy (non-hydrogen) atoms. The fourth-order valence-electron chi connectivity index (χ4n) is 4.81. The average Bonchev–Trinajstić information content (AvgIpc) is 3.27. The summed E-state index contributed by atoms with van der Waals surface area (Å²) in [5, 5.41) is 3.58. The number of hydrogen-bond acceptors (Lipinski definition) is 4. The fraction of sp³-hybridized carbons (Fsp3) is 0.400. The number of aryl methyl sites for hydroxylation is 1. The Hall–Kier alpha value is -2.08. The van der Waals surface area contributed by atoms with E-state index in [-0.39, 0.29) is 18.3 Å². The first-order chi connectivity index (χ1) is 14.8. The van der Waals surface area contributed by atoms with E-state index in [0.29, 0.717) is 6.42 Å². The van der Waals surface area contributed by atoms with Gasteiger partial charge in [0.2, 0.25) is 5.91 Å². The van der Waals surface area contributed by atoms with Crippen molar-refractivity contribution in [2.45, 2.75) is 25.7 Å². The number of unbranched alkanes of at least 4 members (excludes halogenated alkanes) is 1. The van der Waals surface area contributed by atoms with Crippen molar-refractivity contribution in [1.82, 2.24) is 4.90 Å². The molecule has 3 aromatic rings. The highest BCUT2D eigenvalue weighted by Crippen LogP contribution is 2.31. The summed E-state index contributed by atoms with van der Waals surface area (Å²) in [6.07, 6.45) is 3.74. The zero-order valence-electron chi connectivity index (χ0n) is 17.8. The summed E-state index contributed by atoms with van der Waals surface area (Å²) in [5.41, 5.74) is 3.83. The van der Waals surface area contributed by atoms with E-state index < -0.39 is 0 Å². The van der Waals surface area contributed by atoms with Crippen molar-refractivity contribution in [3.8, 4) is 0 Å². The highest BCUT2D eigenvalue weighted by Gasteiger charge is 2.23. The van der Waals surface area contributed by atoms with Gasteiger partial charge in [-0.3, -0.25) is 9.69 Å². The van der Waals surface area contributed by atoms with Crippen molar-refractivity contribution in [3.05, 3.63) is 59.5 Å². The Kier molecular flexibility index (Phi) is 7.16. The Bertz CT molecular complexity index is 1030. The Labute approximate surface area is 194 Å². The number of carbonyl (C=O) groups excluding carboxylic acids is 1. The highest BCUT2D eigenvalue weighted by atomic mass is 35.5. The summed E-state index contributed by atoms with van der Waals surface area (Å²) in [7, 11) is 0. The predicted octanol–water partition coefficient (Wildman–Crippen LogP) is 5.20. The largest absolute Gasteiger partial charge is 0.368 e. The zero-order chi connectivity index (χ0) is 20.3. The molecule has 0 unspecified atom stereocenters. The second-order valence-electron chi connectivity index (χ2n) is 8.32. The monoisotopic (exact) mass is 455 g/mol. The lowest BCUT2D eigenvalue weighted by atomic mass is 10.0. The van der Waals surface area contributed by atoms with Gasteiger partial charge in [0.1, 0.15) is 0 Å². The molecular weight excluding hydrogens is 426 g/mol. The number of amides is 1. The normalized spacial score (nSPS) is 17.0. The van der Waals surface area contributed by atoms with E-state index >= 15 is 0 Å². The van der Waals surface area contributed by atoms with Crippen LogP contribution in [0.4, 0.5) is 11.4 Å². The van der Waals surface area contributed by atoms with Crippen molar-refractivity contribution < 1.29 is 4.79 Å². The Morgan fingerprint density at radius 2 is 1.58 bits per heavy atom. The molecule has 2 aromatic carbocycles. The number of nitrogens with zero attached hydrogens (tertiary/aromatic N) is 3. The molecule has 2 aliphatic rings. The molecule has 0 N–H and O–H groups in total. The topological polar surface area (TPSA) is 26.8 Å². The molecule has 1 amide bonds. The lowest BCUT2D eigenvalue weighted by molar-refractivity contribution is -0.118. The molecule has 2 aliphatic heterocycles. The average molecular weight is 456 g/mol. The molecule has 0 aliphatic carbocycles. The van der Waals surface area contributed by atoms with Gasteiger partial charge in [0, 0.05) is 60.6 Å². The maximum absolute atomic E-state index is 12.4. The molecule has 0 radical (unpaired) electrons. The highest BCUT2D eigenvalue weighted by molar-refractivity contribution is 7.17. The SMILES string of the molecule is Cl.O=C1CCc2ccccc2N1CCCCN1CCN(c2cccc3sccc23)CC1. The van der Waals surface area contributed by atoms with Crippen LogP contribution in [-0.2, 0) is 11.2 Å². The van der Waals surface area contributed by atoms with E-state index in [9.17, 15) is 4.79 Å². The van der Waals surface area contributed by atoms with E-state index in [1.807, 2.05) is 22.3 Å². The van der Waals surface area contributed by atoms with Gasteiger partial charge in [-0.15, -0.1) is 23.7 Å². The van der Waals surface area contributed by atoms with Crippen molar-refractivity contribution in [1.29, 1.82) is 0 Å². The first kappa shape index (κ1) is 22.1. The molecule has 0 atom stereocenters. The molecule has 5 rings (SSSR count). The van der Waals surface area contributed by atoms with Gasteiger partial charge < -0.3 is 9.80 Å². The van der Waals surface area contributed by atoms with Gasteiger partial charge in [0.05, 0.1) is 0 Å². The maximum Gasteiger partial charge on any atom is 0.227 e. The summed E-state index contributed by atoms with van der Waals surface area (Å²) in [6, 6.07) is 17.3. The number of thiophene rings is 1. The summed E-state index contributed by atoms with van der Waals surface area (Å²) < 4.78 is 1.38. The number of piperazine rings is 1. The summed E-state index contributed by atoms with van der Waals surface area (Å²) in [5.74, 6) is 0.282. The van der Waals surface area contributed by atoms with Crippen LogP contribution in [0.2, 0.25) is 0 Å². The van der Waals surface area contributed by atoms with Crippen LogP contribution >= 0.6 is 23.7 Å². The maximum atomic E-state index is 12.4.